The van der Waals surface area contributed by atoms with Gasteiger partial charge in [0.2, 0.25) is 0 Å². The van der Waals surface area contributed by atoms with Gasteiger partial charge in [-0.15, -0.1) is 0 Å². The van der Waals surface area contributed by atoms with E-state index in [4.69, 9.17) is 9.84 Å². The number of ether oxygens (including phenoxy) is 1. The first-order chi connectivity index (χ1) is 7.22. The highest BCUT2D eigenvalue weighted by Gasteiger charge is 2.02. The van der Waals surface area contributed by atoms with Gasteiger partial charge in [-0.1, -0.05) is 0 Å². The molecule has 5 heteroatoms. The van der Waals surface area contributed by atoms with E-state index in [1.807, 2.05) is 0 Å². The molecule has 0 saturated carbocycles. The molecule has 1 rings (SSSR count). The lowest BCUT2D eigenvalue weighted by Gasteiger charge is -2.05. The van der Waals surface area contributed by atoms with Crippen LogP contribution in [-0.2, 0) is 0 Å². The molecule has 1 aromatic carbocycles. The lowest BCUT2D eigenvalue weighted by molar-refractivity contribution is 0.198. The molecule has 0 saturated heterocycles. The quantitative estimate of drug-likeness (QED) is 0.741. The third-order valence-corrected chi connectivity index (χ3v) is 1.63. The van der Waals surface area contributed by atoms with Crippen molar-refractivity contribution in [3.05, 3.63) is 30.1 Å². The second-order valence-corrected chi connectivity index (χ2v) is 2.85. The summed E-state index contributed by atoms with van der Waals surface area (Å²) in [7, 11) is 0. The van der Waals surface area contributed by atoms with Gasteiger partial charge in [0.1, 0.15) is 11.6 Å². The molecule has 15 heavy (non-hydrogen) atoms. The normalized spacial score (nSPS) is 9.73. The van der Waals surface area contributed by atoms with E-state index < -0.39 is 6.09 Å². The Morgan fingerprint density at radius 2 is 2.07 bits per heavy atom. The van der Waals surface area contributed by atoms with Gasteiger partial charge in [0.15, 0.2) is 0 Å². The Labute approximate surface area is 86.7 Å². The average Bonchev–Trinajstić information content (AvgIpc) is 2.22. The van der Waals surface area contributed by atoms with Crippen LogP contribution in [0.1, 0.15) is 6.42 Å². The Bertz CT molecular complexity index is 313. The number of benzene rings is 1. The summed E-state index contributed by atoms with van der Waals surface area (Å²) >= 11 is 0. The molecule has 1 amide bonds. The number of hydrogen-bond donors (Lipinski definition) is 2. The molecule has 0 fully saturated rings. The van der Waals surface area contributed by atoms with Crippen molar-refractivity contribution < 1.29 is 19.0 Å². The molecule has 0 bridgehead atoms. The summed E-state index contributed by atoms with van der Waals surface area (Å²) in [5.74, 6) is -0.110. The third-order valence-electron chi connectivity index (χ3n) is 1.63. The van der Waals surface area contributed by atoms with Crippen LogP contribution in [0.15, 0.2) is 24.3 Å². The molecule has 4 nitrogen and oxygen atoms in total. The van der Waals surface area contributed by atoms with Crippen molar-refractivity contribution in [1.29, 1.82) is 0 Å². The minimum atomic E-state index is -0.616. The second-order valence-electron chi connectivity index (χ2n) is 2.85. The third kappa shape index (κ3) is 4.42. The van der Waals surface area contributed by atoms with Gasteiger partial charge in [-0.2, -0.15) is 0 Å². The van der Waals surface area contributed by atoms with E-state index in [9.17, 15) is 9.18 Å². The van der Waals surface area contributed by atoms with Crippen LogP contribution in [0.2, 0.25) is 0 Å². The molecule has 0 aromatic heterocycles. The molecule has 0 spiro atoms. The van der Waals surface area contributed by atoms with Gasteiger partial charge in [0, 0.05) is 13.2 Å². The summed E-state index contributed by atoms with van der Waals surface area (Å²) in [5, 5.41) is 10.9. The van der Waals surface area contributed by atoms with Crippen molar-refractivity contribution in [3.8, 4) is 5.75 Å². The number of halogens is 1. The zero-order valence-electron chi connectivity index (χ0n) is 8.07. The zero-order valence-corrected chi connectivity index (χ0v) is 8.07. The molecule has 1 aromatic rings. The molecule has 0 aliphatic carbocycles. The number of aliphatic hydroxyl groups is 1. The average molecular weight is 213 g/mol. The van der Waals surface area contributed by atoms with Crippen molar-refractivity contribution >= 4 is 6.09 Å². The molecule has 2 N–H and O–H groups in total. The van der Waals surface area contributed by atoms with Gasteiger partial charge in [-0.05, 0) is 30.7 Å². The van der Waals surface area contributed by atoms with Crippen LogP contribution in [0.4, 0.5) is 9.18 Å². The SMILES string of the molecule is O=C(NCCCO)Oc1ccc(F)cc1. The highest BCUT2D eigenvalue weighted by molar-refractivity contribution is 5.70. The Balaban J connectivity index is 2.34. The first-order valence-electron chi connectivity index (χ1n) is 4.54. The minimum Gasteiger partial charge on any atom is -0.410 e. The van der Waals surface area contributed by atoms with E-state index in [2.05, 4.69) is 5.32 Å². The van der Waals surface area contributed by atoms with Crippen LogP contribution in [-0.4, -0.2) is 24.4 Å². The second kappa shape index (κ2) is 5.98. The topological polar surface area (TPSA) is 58.6 Å². The maximum atomic E-state index is 12.5. The Morgan fingerprint density at radius 1 is 1.40 bits per heavy atom. The van der Waals surface area contributed by atoms with Crippen molar-refractivity contribution in [3.63, 3.8) is 0 Å². The number of nitrogens with one attached hydrogen (secondary N) is 1. The molecule has 0 aliphatic rings. The van der Waals surface area contributed by atoms with Crippen LogP contribution >= 0.6 is 0 Å². The number of rotatable bonds is 4. The maximum Gasteiger partial charge on any atom is 0.412 e. The molecule has 0 radical (unpaired) electrons. The molecule has 0 atom stereocenters. The molecule has 0 unspecified atom stereocenters. The largest absolute Gasteiger partial charge is 0.412 e. The molecule has 0 aliphatic heterocycles. The smallest absolute Gasteiger partial charge is 0.410 e. The lowest BCUT2D eigenvalue weighted by Crippen LogP contribution is -2.28. The number of hydrogen-bond acceptors (Lipinski definition) is 3. The van der Waals surface area contributed by atoms with Crippen LogP contribution in [0, 0.1) is 5.82 Å². The van der Waals surface area contributed by atoms with Gasteiger partial charge in [0.05, 0.1) is 0 Å². The molecular formula is C10H12FNO3. The fraction of sp³-hybridized carbons (Fsp3) is 0.300. The standard InChI is InChI=1S/C10H12FNO3/c11-8-2-4-9(5-3-8)15-10(14)12-6-1-7-13/h2-5,13H,1,6-7H2,(H,12,14). The first-order valence-corrected chi connectivity index (χ1v) is 4.54. The van der Waals surface area contributed by atoms with Crippen molar-refractivity contribution in [2.45, 2.75) is 6.42 Å². The fourth-order valence-corrected chi connectivity index (χ4v) is 0.915. The van der Waals surface area contributed by atoms with Crippen LogP contribution in [0.3, 0.4) is 0 Å². The van der Waals surface area contributed by atoms with Gasteiger partial charge >= 0.3 is 6.09 Å². The monoisotopic (exact) mass is 213 g/mol. The van der Waals surface area contributed by atoms with E-state index in [0.717, 1.165) is 0 Å². The summed E-state index contributed by atoms with van der Waals surface area (Å²) in [6.45, 7) is 0.355. The molecule has 0 heterocycles. The lowest BCUT2D eigenvalue weighted by atomic mass is 10.3. The number of aliphatic hydroxyl groups excluding tert-OH is 1. The van der Waals surface area contributed by atoms with Gasteiger partial charge < -0.3 is 15.2 Å². The van der Waals surface area contributed by atoms with Crippen LogP contribution < -0.4 is 10.1 Å². The Kier molecular flexibility index (Phi) is 4.56. The van der Waals surface area contributed by atoms with E-state index in [-0.39, 0.29) is 18.2 Å². The molecule has 82 valence electrons. The van der Waals surface area contributed by atoms with Crippen LogP contribution in [0.5, 0.6) is 5.75 Å². The molecular weight excluding hydrogens is 201 g/mol. The van der Waals surface area contributed by atoms with E-state index in [0.29, 0.717) is 13.0 Å². The summed E-state index contributed by atoms with van der Waals surface area (Å²) < 4.78 is 17.3. The van der Waals surface area contributed by atoms with E-state index >= 15 is 0 Å². The zero-order chi connectivity index (χ0) is 11.1. The van der Waals surface area contributed by atoms with Crippen molar-refractivity contribution in [2.24, 2.45) is 0 Å². The Hall–Kier alpha value is -1.62. The Morgan fingerprint density at radius 3 is 2.67 bits per heavy atom. The van der Waals surface area contributed by atoms with Gasteiger partial charge in [-0.3, -0.25) is 0 Å². The first kappa shape index (κ1) is 11.5. The number of carbonyl (C=O) groups excluding carboxylic acids is 1. The van der Waals surface area contributed by atoms with Crippen molar-refractivity contribution in [1.82, 2.24) is 5.32 Å². The minimum absolute atomic E-state index is 0.0107. The number of amides is 1. The maximum absolute atomic E-state index is 12.5. The van der Waals surface area contributed by atoms with Gasteiger partial charge in [-0.25, -0.2) is 9.18 Å². The van der Waals surface area contributed by atoms with Crippen molar-refractivity contribution in [2.75, 3.05) is 13.2 Å². The van der Waals surface area contributed by atoms with E-state index in [1.165, 1.54) is 24.3 Å². The summed E-state index contributed by atoms with van der Waals surface area (Å²) in [5.41, 5.74) is 0. The van der Waals surface area contributed by atoms with E-state index in [1.54, 1.807) is 0 Å². The van der Waals surface area contributed by atoms with Gasteiger partial charge in [0.25, 0.3) is 0 Å². The highest BCUT2D eigenvalue weighted by atomic mass is 19.1. The summed E-state index contributed by atoms with van der Waals surface area (Å²) in [6, 6.07) is 5.13. The summed E-state index contributed by atoms with van der Waals surface area (Å²) in [6.07, 6.45) is -0.145. The fourth-order valence-electron chi connectivity index (χ4n) is 0.915. The van der Waals surface area contributed by atoms with Crippen LogP contribution in [0.25, 0.3) is 0 Å². The predicted octanol–water partition coefficient (Wildman–Crippen LogP) is 1.30. The predicted molar refractivity (Wildman–Crippen MR) is 52.1 cm³/mol. The summed E-state index contributed by atoms with van der Waals surface area (Å²) in [4.78, 5) is 11.1. The number of carbonyl (C=O) groups is 1. The highest BCUT2D eigenvalue weighted by Crippen LogP contribution is 2.10.